The van der Waals surface area contributed by atoms with Crippen molar-refractivity contribution >= 4 is 17.2 Å². The number of nitrogens with one attached hydrogen (secondary N) is 1. The minimum atomic E-state index is -0.406. The molecule has 0 saturated heterocycles. The maximum atomic E-state index is 12.6. The van der Waals surface area contributed by atoms with E-state index in [9.17, 15) is 4.79 Å². The highest BCUT2D eigenvalue weighted by atomic mass is 16.1. The van der Waals surface area contributed by atoms with E-state index in [1.54, 1.807) is 51.9 Å². The number of rotatable bonds is 3. The highest BCUT2D eigenvalue weighted by Gasteiger charge is 2.17. The molecule has 1 N–H and O–H groups in total. The summed E-state index contributed by atoms with van der Waals surface area (Å²) in [6, 6.07) is 12.3. The lowest BCUT2D eigenvalue weighted by Gasteiger charge is -2.05. The number of aromatic nitrogens is 5. The lowest BCUT2D eigenvalue weighted by molar-refractivity contribution is 0.102. The van der Waals surface area contributed by atoms with Crippen LogP contribution in [0, 0.1) is 18.3 Å². The van der Waals surface area contributed by atoms with Crippen LogP contribution >= 0.6 is 0 Å². The maximum absolute atomic E-state index is 12.6. The minimum Gasteiger partial charge on any atom is -0.319 e. The van der Waals surface area contributed by atoms with Gasteiger partial charge in [0.15, 0.2) is 11.3 Å². The monoisotopic (exact) mass is 357 g/mol. The van der Waals surface area contributed by atoms with Crippen LogP contribution in [-0.2, 0) is 7.05 Å². The average Bonchev–Trinajstić information content (AvgIpc) is 3.26. The van der Waals surface area contributed by atoms with Crippen molar-refractivity contribution in [2.45, 2.75) is 6.92 Å². The van der Waals surface area contributed by atoms with Gasteiger partial charge in [0.1, 0.15) is 6.07 Å². The van der Waals surface area contributed by atoms with Crippen molar-refractivity contribution in [2.24, 2.45) is 7.05 Å². The molecule has 8 heteroatoms. The highest BCUT2D eigenvalue weighted by Crippen LogP contribution is 2.23. The Bertz CT molecular complexity index is 1210. The molecule has 4 aromatic rings. The number of hydrogen-bond donors (Lipinski definition) is 1. The van der Waals surface area contributed by atoms with Gasteiger partial charge in [0, 0.05) is 30.6 Å². The summed E-state index contributed by atoms with van der Waals surface area (Å²) in [7, 11) is 1.87. The fraction of sp³-hybridized carbons (Fsp3) is 0.105. The van der Waals surface area contributed by atoms with Crippen LogP contribution in [0.1, 0.15) is 21.7 Å². The zero-order valence-corrected chi connectivity index (χ0v) is 14.7. The van der Waals surface area contributed by atoms with E-state index in [4.69, 9.17) is 5.26 Å². The van der Waals surface area contributed by atoms with Gasteiger partial charge in [-0.05, 0) is 25.1 Å². The van der Waals surface area contributed by atoms with Crippen molar-refractivity contribution in [2.75, 3.05) is 5.32 Å². The van der Waals surface area contributed by atoms with Crippen LogP contribution in [-0.4, -0.2) is 30.3 Å². The molecule has 3 aromatic heterocycles. The number of nitriles is 1. The molecule has 0 spiro atoms. The van der Waals surface area contributed by atoms with Crippen molar-refractivity contribution in [3.05, 3.63) is 65.7 Å². The molecule has 0 atom stereocenters. The van der Waals surface area contributed by atoms with E-state index in [-0.39, 0.29) is 5.69 Å². The molecule has 0 aliphatic heterocycles. The molecule has 1 aromatic carbocycles. The number of para-hydroxylation sites is 1. The number of carbonyl (C=O) groups is 1. The van der Waals surface area contributed by atoms with Crippen LogP contribution in [0.4, 0.5) is 5.69 Å². The zero-order valence-electron chi connectivity index (χ0n) is 14.7. The number of benzene rings is 1. The normalized spacial score (nSPS) is 10.7. The summed E-state index contributed by atoms with van der Waals surface area (Å²) >= 11 is 0. The van der Waals surface area contributed by atoms with Crippen LogP contribution in [0.5, 0.6) is 0 Å². The summed E-state index contributed by atoms with van der Waals surface area (Å²) in [5, 5.41) is 20.6. The van der Waals surface area contributed by atoms with Crippen LogP contribution in [0.25, 0.3) is 16.9 Å². The smallest absolute Gasteiger partial charge is 0.276 e. The van der Waals surface area contributed by atoms with E-state index >= 15 is 0 Å². The van der Waals surface area contributed by atoms with E-state index in [0.29, 0.717) is 16.9 Å². The Kier molecular flexibility index (Phi) is 3.90. The van der Waals surface area contributed by atoms with Gasteiger partial charge in [-0.25, -0.2) is 9.50 Å². The summed E-state index contributed by atoms with van der Waals surface area (Å²) in [6.07, 6.45) is 3.43. The highest BCUT2D eigenvalue weighted by molar-refractivity contribution is 6.04. The van der Waals surface area contributed by atoms with Gasteiger partial charge in [-0.1, -0.05) is 12.1 Å². The molecule has 27 heavy (non-hydrogen) atoms. The topological polar surface area (TPSA) is 101 Å². The van der Waals surface area contributed by atoms with Crippen molar-refractivity contribution in [1.29, 1.82) is 5.26 Å². The fourth-order valence-corrected chi connectivity index (χ4v) is 2.84. The van der Waals surface area contributed by atoms with Crippen LogP contribution in [0.2, 0.25) is 0 Å². The lowest BCUT2D eigenvalue weighted by atomic mass is 10.2. The Hall–Kier alpha value is -3.99. The summed E-state index contributed by atoms with van der Waals surface area (Å²) < 4.78 is 3.40. The molecule has 4 rings (SSSR count). The third-order valence-corrected chi connectivity index (χ3v) is 4.40. The van der Waals surface area contributed by atoms with Gasteiger partial charge in [0.05, 0.1) is 23.1 Å². The third kappa shape index (κ3) is 2.81. The zero-order chi connectivity index (χ0) is 19.0. The first-order valence-corrected chi connectivity index (χ1v) is 8.22. The van der Waals surface area contributed by atoms with Crippen LogP contribution in [0.3, 0.4) is 0 Å². The Morgan fingerprint density at radius 2 is 2.07 bits per heavy atom. The molecule has 0 aliphatic rings. The standard InChI is InChI=1S/C19H15N7O/c1-12-14(11-22-25(12)2)17-7-8-21-18-9-16(24-26(17)18)19(27)23-15-6-4-3-5-13(15)10-20/h3-9,11H,1-2H3,(H,23,27). The van der Waals surface area contributed by atoms with Gasteiger partial charge in [-0.15, -0.1) is 0 Å². The molecule has 0 fully saturated rings. The van der Waals surface area contributed by atoms with Gasteiger partial charge in [-0.3, -0.25) is 9.48 Å². The second kappa shape index (κ2) is 6.38. The summed E-state index contributed by atoms with van der Waals surface area (Å²) in [4.78, 5) is 16.9. The molecule has 0 radical (unpaired) electrons. The van der Waals surface area contributed by atoms with E-state index < -0.39 is 5.91 Å². The molecule has 0 aliphatic carbocycles. The second-order valence-corrected chi connectivity index (χ2v) is 6.01. The SMILES string of the molecule is Cc1c(-c2ccnc3cc(C(=O)Nc4ccccc4C#N)nn23)cnn1C. The number of carbonyl (C=O) groups excluding carboxylic acids is 1. The molecule has 0 saturated carbocycles. The maximum Gasteiger partial charge on any atom is 0.276 e. The molecule has 3 heterocycles. The number of hydrogen-bond acceptors (Lipinski definition) is 5. The summed E-state index contributed by atoms with van der Waals surface area (Å²) in [6.45, 7) is 1.96. The first-order valence-electron chi connectivity index (χ1n) is 8.22. The van der Waals surface area contributed by atoms with Crippen LogP contribution in [0.15, 0.2) is 48.8 Å². The van der Waals surface area contributed by atoms with E-state index in [2.05, 4.69) is 26.6 Å². The summed E-state index contributed by atoms with van der Waals surface area (Å²) in [5.41, 5.74) is 4.28. The average molecular weight is 357 g/mol. The predicted octanol–water partition coefficient (Wildman–Crippen LogP) is 2.56. The van der Waals surface area contributed by atoms with Crippen molar-refractivity contribution in [3.63, 3.8) is 0 Å². The van der Waals surface area contributed by atoms with Crippen molar-refractivity contribution in [3.8, 4) is 17.3 Å². The second-order valence-electron chi connectivity index (χ2n) is 6.01. The Morgan fingerprint density at radius 3 is 2.81 bits per heavy atom. The van der Waals surface area contributed by atoms with Gasteiger partial charge in [0.25, 0.3) is 5.91 Å². The van der Waals surface area contributed by atoms with Crippen molar-refractivity contribution in [1.82, 2.24) is 24.4 Å². The molecule has 132 valence electrons. The number of fused-ring (bicyclic) bond motifs is 1. The molecule has 0 unspecified atom stereocenters. The molecular formula is C19H15N7O. The Balaban J connectivity index is 1.74. The summed E-state index contributed by atoms with van der Waals surface area (Å²) in [5.74, 6) is -0.406. The molecule has 1 amide bonds. The van der Waals surface area contributed by atoms with E-state index in [1.165, 1.54) is 0 Å². The van der Waals surface area contributed by atoms with Gasteiger partial charge in [-0.2, -0.15) is 15.5 Å². The fourth-order valence-electron chi connectivity index (χ4n) is 2.84. The molecule has 8 nitrogen and oxygen atoms in total. The van der Waals surface area contributed by atoms with Gasteiger partial charge in [0.2, 0.25) is 0 Å². The molecule has 0 bridgehead atoms. The molecular weight excluding hydrogens is 342 g/mol. The van der Waals surface area contributed by atoms with E-state index in [0.717, 1.165) is 17.0 Å². The lowest BCUT2D eigenvalue weighted by Crippen LogP contribution is -2.13. The number of nitrogens with zero attached hydrogens (tertiary/aromatic N) is 6. The van der Waals surface area contributed by atoms with Crippen LogP contribution < -0.4 is 5.32 Å². The van der Waals surface area contributed by atoms with Crippen molar-refractivity contribution < 1.29 is 4.79 Å². The van der Waals surface area contributed by atoms with E-state index in [1.807, 2.05) is 20.0 Å². The predicted molar refractivity (Wildman–Crippen MR) is 99.0 cm³/mol. The minimum absolute atomic E-state index is 0.212. The Morgan fingerprint density at radius 1 is 1.26 bits per heavy atom. The first kappa shape index (κ1) is 16.5. The van der Waals surface area contributed by atoms with Gasteiger partial charge >= 0.3 is 0 Å². The Labute approximate surface area is 154 Å². The quantitative estimate of drug-likeness (QED) is 0.607. The first-order chi connectivity index (χ1) is 13.1. The number of aryl methyl sites for hydroxylation is 1. The largest absolute Gasteiger partial charge is 0.319 e. The number of anilines is 1. The van der Waals surface area contributed by atoms with Gasteiger partial charge < -0.3 is 5.32 Å². The number of amides is 1. The third-order valence-electron chi connectivity index (χ3n) is 4.40.